The Morgan fingerprint density at radius 3 is 2.85 bits per heavy atom. The minimum atomic E-state index is -1.08. The van der Waals surface area contributed by atoms with Crippen molar-refractivity contribution in [3.63, 3.8) is 0 Å². The number of urea groups is 1. The minimum absolute atomic E-state index is 0.274. The van der Waals surface area contributed by atoms with Crippen molar-refractivity contribution in [2.24, 2.45) is 5.92 Å². The fourth-order valence-corrected chi connectivity index (χ4v) is 2.53. The first-order valence-corrected chi connectivity index (χ1v) is 8.17. The van der Waals surface area contributed by atoms with Gasteiger partial charge in [-0.05, 0) is 37.0 Å². The van der Waals surface area contributed by atoms with Crippen LogP contribution in [0, 0.1) is 5.92 Å². The third-order valence-electron chi connectivity index (χ3n) is 3.39. The van der Waals surface area contributed by atoms with Gasteiger partial charge in [-0.1, -0.05) is 6.07 Å². The topological polar surface area (TPSA) is 69.6 Å². The molecule has 1 saturated carbocycles. The molecule has 0 radical (unpaired) electrons. The maximum absolute atomic E-state index is 12.0. The molecule has 1 aromatic rings. The van der Waals surface area contributed by atoms with Gasteiger partial charge in [-0.15, -0.1) is 0 Å². The van der Waals surface area contributed by atoms with Gasteiger partial charge in [0.25, 0.3) is 0 Å². The molecule has 1 aromatic carbocycles. The van der Waals surface area contributed by atoms with Crippen molar-refractivity contribution >= 4 is 22.5 Å². The van der Waals surface area contributed by atoms with Crippen LogP contribution in [0.15, 0.2) is 29.2 Å². The molecule has 1 fully saturated rings. The summed E-state index contributed by atoms with van der Waals surface area (Å²) in [6.07, 6.45) is 3.24. The van der Waals surface area contributed by atoms with Crippen molar-refractivity contribution in [2.75, 3.05) is 25.2 Å². The van der Waals surface area contributed by atoms with Gasteiger partial charge in [0.05, 0.1) is 6.10 Å². The number of anilines is 1. The number of nitrogens with one attached hydrogen (secondary N) is 1. The van der Waals surface area contributed by atoms with Gasteiger partial charge in [0.1, 0.15) is 0 Å². The molecule has 1 aliphatic rings. The molecular weight excluding hydrogens is 276 g/mol. The molecule has 110 valence electrons. The first kappa shape index (κ1) is 15.0. The lowest BCUT2D eigenvalue weighted by Gasteiger charge is -2.21. The molecule has 0 aromatic heterocycles. The molecular formula is C14H20N2O3S. The molecule has 0 saturated heterocycles. The van der Waals surface area contributed by atoms with Crippen LogP contribution >= 0.6 is 0 Å². The number of hydrogen-bond acceptors (Lipinski definition) is 3. The van der Waals surface area contributed by atoms with Crippen molar-refractivity contribution in [3.8, 4) is 0 Å². The van der Waals surface area contributed by atoms with Crippen molar-refractivity contribution in [1.29, 1.82) is 0 Å². The van der Waals surface area contributed by atoms with E-state index in [1.54, 1.807) is 37.6 Å². The standard InChI is InChI=1S/C14H20N2O3S/c1-16(9-13(17)10-6-7-10)14(18)15-11-4-3-5-12(8-11)20(2)19/h3-5,8,10,13,17H,6-7,9H2,1-2H3,(H,15,18). The Balaban J connectivity index is 1.92. The Labute approximate surface area is 121 Å². The minimum Gasteiger partial charge on any atom is -0.391 e. The number of amides is 2. The Bertz CT molecular complexity index is 517. The van der Waals surface area contributed by atoms with Gasteiger partial charge < -0.3 is 15.3 Å². The summed E-state index contributed by atoms with van der Waals surface area (Å²) in [5, 5.41) is 12.6. The molecule has 0 spiro atoms. The van der Waals surface area contributed by atoms with Crippen LogP contribution in [0.3, 0.4) is 0 Å². The van der Waals surface area contributed by atoms with Gasteiger partial charge >= 0.3 is 6.03 Å². The SMILES string of the molecule is CN(CC(O)C1CC1)C(=O)Nc1cccc(S(C)=O)c1. The predicted octanol–water partition coefficient (Wildman–Crippen LogP) is 1.66. The van der Waals surface area contributed by atoms with Gasteiger partial charge in [0, 0.05) is 41.2 Å². The molecule has 2 N–H and O–H groups in total. The fraction of sp³-hybridized carbons (Fsp3) is 0.500. The van der Waals surface area contributed by atoms with E-state index in [1.165, 1.54) is 4.90 Å². The van der Waals surface area contributed by atoms with Crippen molar-refractivity contribution in [2.45, 2.75) is 23.8 Å². The number of hydrogen-bond donors (Lipinski definition) is 2. The zero-order chi connectivity index (χ0) is 14.7. The average molecular weight is 296 g/mol. The maximum atomic E-state index is 12.0. The average Bonchev–Trinajstić information content (AvgIpc) is 3.23. The smallest absolute Gasteiger partial charge is 0.321 e. The second-order valence-corrected chi connectivity index (χ2v) is 6.58. The van der Waals surface area contributed by atoms with Gasteiger partial charge in [-0.25, -0.2) is 4.79 Å². The lowest BCUT2D eigenvalue weighted by atomic mass is 10.2. The molecule has 1 aliphatic carbocycles. The van der Waals surface area contributed by atoms with Crippen LogP contribution in [0.2, 0.25) is 0 Å². The van der Waals surface area contributed by atoms with Crippen LogP contribution in [0.5, 0.6) is 0 Å². The highest BCUT2D eigenvalue weighted by molar-refractivity contribution is 7.84. The largest absolute Gasteiger partial charge is 0.391 e. The van der Waals surface area contributed by atoms with E-state index in [0.29, 0.717) is 23.0 Å². The molecule has 20 heavy (non-hydrogen) atoms. The maximum Gasteiger partial charge on any atom is 0.321 e. The summed E-state index contributed by atoms with van der Waals surface area (Å²) in [6, 6.07) is 6.68. The number of likely N-dealkylation sites (N-methyl/N-ethyl adjacent to an activating group) is 1. The van der Waals surface area contributed by atoms with Crippen molar-refractivity contribution in [3.05, 3.63) is 24.3 Å². The van der Waals surface area contributed by atoms with E-state index in [1.807, 2.05) is 0 Å². The fourth-order valence-electron chi connectivity index (χ4n) is 1.97. The van der Waals surface area contributed by atoms with Gasteiger partial charge in [-0.3, -0.25) is 4.21 Å². The third-order valence-corrected chi connectivity index (χ3v) is 4.31. The summed E-state index contributed by atoms with van der Waals surface area (Å²) in [5.74, 6) is 0.344. The molecule has 2 atom stereocenters. The van der Waals surface area contributed by atoms with E-state index >= 15 is 0 Å². The number of benzene rings is 1. The lowest BCUT2D eigenvalue weighted by Crippen LogP contribution is -2.38. The molecule has 6 heteroatoms. The van der Waals surface area contributed by atoms with E-state index in [2.05, 4.69) is 5.32 Å². The van der Waals surface area contributed by atoms with E-state index in [-0.39, 0.29) is 6.03 Å². The van der Waals surface area contributed by atoms with E-state index in [4.69, 9.17) is 0 Å². The molecule has 2 amide bonds. The molecule has 0 bridgehead atoms. The molecule has 0 aliphatic heterocycles. The summed E-state index contributed by atoms with van der Waals surface area (Å²) in [7, 11) is 0.579. The summed E-state index contributed by atoms with van der Waals surface area (Å²) in [5.41, 5.74) is 0.607. The molecule has 2 unspecified atom stereocenters. The van der Waals surface area contributed by atoms with E-state index in [0.717, 1.165) is 12.8 Å². The van der Waals surface area contributed by atoms with Gasteiger partial charge in [0.15, 0.2) is 0 Å². The number of rotatable bonds is 5. The van der Waals surface area contributed by atoms with Crippen LogP contribution in [0.1, 0.15) is 12.8 Å². The highest BCUT2D eigenvalue weighted by Gasteiger charge is 2.31. The zero-order valence-electron chi connectivity index (χ0n) is 11.7. The summed E-state index contributed by atoms with van der Waals surface area (Å²) in [6.45, 7) is 0.329. The second-order valence-electron chi connectivity index (χ2n) is 5.20. The number of carbonyl (C=O) groups excluding carboxylic acids is 1. The number of aliphatic hydroxyl groups excluding tert-OH is 1. The Morgan fingerprint density at radius 2 is 2.25 bits per heavy atom. The van der Waals surface area contributed by atoms with Crippen LogP contribution < -0.4 is 5.32 Å². The first-order valence-electron chi connectivity index (χ1n) is 6.61. The molecule has 2 rings (SSSR count). The first-order chi connectivity index (χ1) is 9.47. The van der Waals surface area contributed by atoms with Crippen LogP contribution in [0.25, 0.3) is 0 Å². The number of aliphatic hydroxyl groups is 1. The zero-order valence-corrected chi connectivity index (χ0v) is 12.5. The third kappa shape index (κ3) is 4.05. The Kier molecular flexibility index (Phi) is 4.77. The summed E-state index contributed by atoms with van der Waals surface area (Å²) >= 11 is 0. The monoisotopic (exact) mass is 296 g/mol. The Hall–Kier alpha value is -1.40. The highest BCUT2D eigenvalue weighted by atomic mass is 32.2. The van der Waals surface area contributed by atoms with Crippen LogP contribution in [-0.2, 0) is 10.8 Å². The summed E-state index contributed by atoms with van der Waals surface area (Å²) < 4.78 is 11.4. The van der Waals surface area contributed by atoms with E-state index in [9.17, 15) is 14.1 Å². The molecule has 0 heterocycles. The van der Waals surface area contributed by atoms with E-state index < -0.39 is 16.9 Å². The van der Waals surface area contributed by atoms with Crippen molar-refractivity contribution in [1.82, 2.24) is 4.90 Å². The highest BCUT2D eigenvalue weighted by Crippen LogP contribution is 2.32. The quantitative estimate of drug-likeness (QED) is 0.868. The number of carbonyl (C=O) groups is 1. The molecule has 5 nitrogen and oxygen atoms in total. The second kappa shape index (κ2) is 6.37. The summed E-state index contributed by atoms with van der Waals surface area (Å²) in [4.78, 5) is 14.1. The van der Waals surface area contributed by atoms with Crippen molar-refractivity contribution < 1.29 is 14.1 Å². The van der Waals surface area contributed by atoms with Crippen LogP contribution in [0.4, 0.5) is 10.5 Å². The normalized spacial score (nSPS) is 17.4. The predicted molar refractivity (Wildman–Crippen MR) is 79.2 cm³/mol. The Morgan fingerprint density at radius 1 is 1.55 bits per heavy atom. The number of nitrogens with zero attached hydrogens (tertiary/aromatic N) is 1. The van der Waals surface area contributed by atoms with Gasteiger partial charge in [-0.2, -0.15) is 0 Å². The van der Waals surface area contributed by atoms with Gasteiger partial charge in [0.2, 0.25) is 0 Å². The lowest BCUT2D eigenvalue weighted by molar-refractivity contribution is 0.117. The van der Waals surface area contributed by atoms with Crippen LogP contribution in [-0.4, -0.2) is 46.2 Å².